The van der Waals surface area contributed by atoms with Crippen molar-refractivity contribution in [2.75, 3.05) is 0 Å². The summed E-state index contributed by atoms with van der Waals surface area (Å²) in [5.41, 5.74) is 0. The van der Waals surface area contributed by atoms with Gasteiger partial charge in [0.1, 0.15) is 0 Å². The van der Waals surface area contributed by atoms with Crippen molar-refractivity contribution in [3.8, 4) is 0 Å². The Bertz CT molecular complexity index is 8.49. The fourth-order valence-corrected chi connectivity index (χ4v) is 0. The molecule has 0 fully saturated rings. The predicted molar refractivity (Wildman–Crippen MR) is 59.3 cm³/mol. The second-order valence-electron chi connectivity index (χ2n) is 0. The van der Waals surface area contributed by atoms with Crippen LogP contribution >= 0.6 is 74.4 Å². The van der Waals surface area contributed by atoms with Crippen molar-refractivity contribution in [1.82, 2.24) is 0 Å². The highest BCUT2D eigenvalue weighted by molar-refractivity contribution is 6.05. The van der Waals surface area contributed by atoms with Crippen LogP contribution in [0.25, 0.3) is 0 Å². The summed E-state index contributed by atoms with van der Waals surface area (Å²) in [7, 11) is 1.31. The summed E-state index contributed by atoms with van der Waals surface area (Å²) in [5.74, 6) is 0. The maximum atomic E-state index is 2.14. The molecule has 0 heterocycles. The molecule has 0 saturated carbocycles. The van der Waals surface area contributed by atoms with Gasteiger partial charge in [0, 0.05) is 0 Å². The lowest BCUT2D eigenvalue weighted by Gasteiger charge is -1.04. The third-order valence-corrected chi connectivity index (χ3v) is 0. The van der Waals surface area contributed by atoms with Gasteiger partial charge in [0.2, 0.25) is 0 Å². The van der Waals surface area contributed by atoms with Crippen LogP contribution in [0.2, 0.25) is 6.55 Å². The zero-order chi connectivity index (χ0) is 2.00. The fourth-order valence-electron chi connectivity index (χ4n) is 0. The summed E-state index contributed by atoms with van der Waals surface area (Å²) < 4.78 is 0. The third-order valence-electron chi connectivity index (χ3n) is 0. The van der Waals surface area contributed by atoms with E-state index < -0.39 is 0 Å². The molecule has 0 saturated heterocycles. The Morgan fingerprint density at radius 3 is 0.500 bits per heavy atom. The van der Waals surface area contributed by atoms with E-state index in [1.807, 2.05) is 0 Å². The van der Waals surface area contributed by atoms with Crippen LogP contribution in [-0.2, 0) is 0 Å². The largest absolute Gasteiger partial charge is 0.147 e. The van der Waals surface area contributed by atoms with Crippen LogP contribution in [0, 0.1) is 0 Å². The van der Waals surface area contributed by atoms with E-state index in [1.54, 1.807) is 0 Å². The van der Waals surface area contributed by atoms with Gasteiger partial charge in [-0.15, -0.1) is 74.4 Å². The second kappa shape index (κ2) is 148. The molecule has 0 aliphatic heterocycles. The molecule has 0 aromatic heterocycles. The van der Waals surface area contributed by atoms with Crippen molar-refractivity contribution < 1.29 is 0 Å². The Kier molecular flexibility index (Phi) is 1690. The maximum Gasteiger partial charge on any atom is -0.000585 e. The Hall–Kier alpha value is 1.96. The summed E-state index contributed by atoms with van der Waals surface area (Å²) in [6, 6.07) is 0. The molecule has 0 rings (SSSR count). The molecule has 0 atom stereocenters. The van der Waals surface area contributed by atoms with Crippen molar-refractivity contribution in [2.45, 2.75) is 6.55 Å². The summed E-state index contributed by atoms with van der Waals surface area (Å²) >= 11 is 0. The lowest BCUT2D eigenvalue weighted by molar-refractivity contribution is 2.40. The first-order chi connectivity index (χ1) is 1.00. The highest BCUT2D eigenvalue weighted by atomic mass is 35.5. The number of hydrogen-bond acceptors (Lipinski definition) is 0. The average Bonchev–Trinajstić information content (AvgIpc) is 1.00. The molecular weight excluding hydrogens is 253 g/mol. The highest BCUT2D eigenvalue weighted by Crippen LogP contribution is 0.960. The number of halogens is 6. The Morgan fingerprint density at radius 1 is 0.500 bits per heavy atom. The summed E-state index contributed by atoms with van der Waals surface area (Å²) in [5, 5.41) is 0. The van der Waals surface area contributed by atoms with E-state index in [0.717, 1.165) is 0 Å². The van der Waals surface area contributed by atoms with Crippen molar-refractivity contribution in [3.63, 3.8) is 0 Å². The normalized spacial score (nSPS) is 1.12. The van der Waals surface area contributed by atoms with Gasteiger partial charge in [-0.25, -0.2) is 0 Å². The molecule has 8 heavy (non-hydrogen) atoms. The van der Waals surface area contributed by atoms with Crippen LogP contribution in [0.1, 0.15) is 0 Å². The summed E-state index contributed by atoms with van der Waals surface area (Å²) in [4.78, 5) is 0. The van der Waals surface area contributed by atoms with E-state index >= 15 is 0 Å². The van der Waals surface area contributed by atoms with Crippen molar-refractivity contribution in [1.29, 1.82) is 0 Å². The van der Waals surface area contributed by atoms with Crippen molar-refractivity contribution in [3.05, 3.63) is 0 Å². The van der Waals surface area contributed by atoms with Gasteiger partial charge in [-0.05, 0) is 10.2 Å². The highest BCUT2D eigenvalue weighted by Gasteiger charge is 0.962. The molecule has 0 amide bonds. The minimum Gasteiger partial charge on any atom is -0.147 e. The SMILES string of the molecule is C[SiH3].Cl.Cl.Cl.Cl.Cl.Cl. The average molecular weight is 265 g/mol. The molecule has 0 aromatic carbocycles. The molecule has 0 aliphatic carbocycles. The molecule has 0 aliphatic rings. The van der Waals surface area contributed by atoms with Crippen LogP contribution in [0.3, 0.4) is 0 Å². The smallest absolute Gasteiger partial charge is 0.000585 e. The predicted octanol–water partition coefficient (Wildman–Crippen LogP) is 1.93. The standard InChI is InChI=1S/CH6Si.6ClH/c1-2;;;;;;/h1-2H3;6*1H. The first-order valence-corrected chi connectivity index (χ1v) is 3.00. The van der Waals surface area contributed by atoms with Gasteiger partial charge in [-0.2, -0.15) is 0 Å². The fraction of sp³-hybridized carbons (Fsp3) is 1.00. The first kappa shape index (κ1) is 91.4. The minimum atomic E-state index is 0. The quantitative estimate of drug-likeness (QED) is 0.587. The van der Waals surface area contributed by atoms with Crippen molar-refractivity contribution in [2.24, 2.45) is 0 Å². The van der Waals surface area contributed by atoms with Gasteiger partial charge in [0.05, 0.1) is 0 Å². The third kappa shape index (κ3) is 101. The van der Waals surface area contributed by atoms with E-state index in [1.165, 1.54) is 10.2 Å². The molecule has 7 heteroatoms. The summed E-state index contributed by atoms with van der Waals surface area (Å²) in [6.45, 7) is 2.14. The lowest BCUT2D eigenvalue weighted by Crippen LogP contribution is -1.13. The van der Waals surface area contributed by atoms with E-state index in [-0.39, 0.29) is 74.4 Å². The van der Waals surface area contributed by atoms with Gasteiger partial charge in [0.15, 0.2) is 0 Å². The molecule has 0 spiro atoms. The molecule has 0 N–H and O–H groups in total. The van der Waals surface area contributed by atoms with Gasteiger partial charge < -0.3 is 0 Å². The Balaban J connectivity index is -0.000000000333. The second-order valence-corrected chi connectivity index (χ2v) is 0. The molecular formula is CH12Cl6Si. The van der Waals surface area contributed by atoms with Gasteiger partial charge >= 0.3 is 0 Å². The van der Waals surface area contributed by atoms with Crippen LogP contribution in [0.15, 0.2) is 0 Å². The molecule has 0 radical (unpaired) electrons. The molecule has 62 valence electrons. The van der Waals surface area contributed by atoms with Crippen LogP contribution in [0.4, 0.5) is 0 Å². The van der Waals surface area contributed by atoms with E-state index in [0.29, 0.717) is 0 Å². The van der Waals surface area contributed by atoms with Crippen LogP contribution in [0.5, 0.6) is 0 Å². The van der Waals surface area contributed by atoms with Gasteiger partial charge in [-0.1, -0.05) is 6.55 Å². The van der Waals surface area contributed by atoms with Crippen LogP contribution in [-0.4, -0.2) is 10.2 Å². The summed E-state index contributed by atoms with van der Waals surface area (Å²) in [6.07, 6.45) is 0. The van der Waals surface area contributed by atoms with Crippen molar-refractivity contribution >= 4 is 84.7 Å². The number of rotatable bonds is 0. The maximum absolute atomic E-state index is 2.14. The zero-order valence-electron chi connectivity index (χ0n) is 4.45. The molecule has 0 nitrogen and oxygen atoms in total. The molecule has 0 aromatic rings. The molecule has 0 unspecified atom stereocenters. The van der Waals surface area contributed by atoms with E-state index in [4.69, 9.17) is 0 Å². The van der Waals surface area contributed by atoms with Gasteiger partial charge in [-0.3, -0.25) is 0 Å². The lowest BCUT2D eigenvalue weighted by atomic mass is 11.9. The topological polar surface area (TPSA) is 0 Å². The van der Waals surface area contributed by atoms with E-state index in [2.05, 4.69) is 6.55 Å². The first-order valence-electron chi connectivity index (χ1n) is 1.00. The minimum absolute atomic E-state index is 0. The Labute approximate surface area is 90.8 Å². The molecule has 0 bridgehead atoms. The Morgan fingerprint density at radius 2 is 0.500 bits per heavy atom. The number of hydrogen-bond donors (Lipinski definition) is 0. The monoisotopic (exact) mass is 262 g/mol. The van der Waals surface area contributed by atoms with Crippen LogP contribution < -0.4 is 0 Å². The van der Waals surface area contributed by atoms with E-state index in [9.17, 15) is 0 Å². The zero-order valence-corrected chi connectivity index (χ0v) is 11.3. The van der Waals surface area contributed by atoms with Gasteiger partial charge in [0.25, 0.3) is 0 Å².